The van der Waals surface area contributed by atoms with Crippen molar-refractivity contribution in [1.29, 1.82) is 0 Å². The van der Waals surface area contributed by atoms with E-state index in [0.717, 1.165) is 42.6 Å². The standard InChI is InChI=1S/C34H48FN3O4/c1-22(2)21-42-30-14-7-6-11-27(30)12-9-17-36-33(40)29(20-25-15-16-25)37-34(41)31(23(3)4)38-32(39)24(5)18-26-10-8-13-28(35)19-26/h6-8,10-11,13-14,19,22-25,29,31H,9,12,15-18,20-21H2,1-5H3,(H,36,40)(H,37,41)(H,38,39)/t24-,29+,31-/m1/s1. The van der Waals surface area contributed by atoms with Crippen LogP contribution in [-0.2, 0) is 27.2 Å². The number of aryl methyl sites for hydroxylation is 1. The highest BCUT2D eigenvalue weighted by atomic mass is 19.1. The van der Waals surface area contributed by atoms with Crippen molar-refractivity contribution in [3.05, 3.63) is 65.5 Å². The minimum absolute atomic E-state index is 0.182. The van der Waals surface area contributed by atoms with Crippen LogP contribution >= 0.6 is 0 Å². The third-order valence-corrected chi connectivity index (χ3v) is 7.49. The van der Waals surface area contributed by atoms with Gasteiger partial charge in [-0.25, -0.2) is 4.39 Å². The molecular weight excluding hydrogens is 533 g/mol. The summed E-state index contributed by atoms with van der Waals surface area (Å²) in [6.45, 7) is 10.8. The molecule has 0 spiro atoms. The normalized spacial score (nSPS) is 15.1. The van der Waals surface area contributed by atoms with Crippen molar-refractivity contribution in [3.8, 4) is 5.75 Å². The lowest BCUT2D eigenvalue weighted by Gasteiger charge is -2.26. The first kappa shape index (κ1) is 33.1. The number of rotatable bonds is 17. The van der Waals surface area contributed by atoms with Crippen molar-refractivity contribution in [1.82, 2.24) is 16.0 Å². The van der Waals surface area contributed by atoms with Gasteiger partial charge in [-0.1, -0.05) is 77.8 Å². The Morgan fingerprint density at radius 2 is 1.67 bits per heavy atom. The van der Waals surface area contributed by atoms with Crippen molar-refractivity contribution in [2.24, 2.45) is 23.7 Å². The quantitative estimate of drug-likeness (QED) is 0.223. The van der Waals surface area contributed by atoms with Gasteiger partial charge in [0.25, 0.3) is 0 Å². The largest absolute Gasteiger partial charge is 0.493 e. The van der Waals surface area contributed by atoms with Crippen molar-refractivity contribution in [2.45, 2.75) is 85.2 Å². The van der Waals surface area contributed by atoms with E-state index < -0.39 is 18.0 Å². The molecule has 0 bridgehead atoms. The van der Waals surface area contributed by atoms with Gasteiger partial charge in [-0.2, -0.15) is 0 Å². The van der Waals surface area contributed by atoms with Crippen LogP contribution in [0.2, 0.25) is 0 Å². The third kappa shape index (κ3) is 11.1. The Kier molecular flexibility index (Phi) is 12.8. The summed E-state index contributed by atoms with van der Waals surface area (Å²) in [6, 6.07) is 12.7. The molecule has 1 aliphatic rings. The molecule has 42 heavy (non-hydrogen) atoms. The van der Waals surface area contributed by atoms with E-state index in [9.17, 15) is 18.8 Å². The predicted octanol–water partition coefficient (Wildman–Crippen LogP) is 5.21. The van der Waals surface area contributed by atoms with Gasteiger partial charge in [-0.05, 0) is 72.8 Å². The number of nitrogens with one attached hydrogen (secondary N) is 3. The lowest BCUT2D eigenvalue weighted by atomic mass is 9.97. The maximum atomic E-state index is 13.6. The van der Waals surface area contributed by atoms with Crippen molar-refractivity contribution in [2.75, 3.05) is 13.2 Å². The Hall–Kier alpha value is -3.42. The molecule has 0 unspecified atom stereocenters. The van der Waals surface area contributed by atoms with E-state index in [-0.39, 0.29) is 29.5 Å². The Bertz CT molecular complexity index is 1180. The van der Waals surface area contributed by atoms with Crippen LogP contribution in [0.4, 0.5) is 4.39 Å². The number of carbonyl (C=O) groups is 3. The molecule has 1 saturated carbocycles. The van der Waals surface area contributed by atoms with E-state index in [4.69, 9.17) is 4.74 Å². The lowest BCUT2D eigenvalue weighted by Crippen LogP contribution is -2.56. The molecule has 1 aliphatic carbocycles. The van der Waals surface area contributed by atoms with Crippen molar-refractivity contribution in [3.63, 3.8) is 0 Å². The highest BCUT2D eigenvalue weighted by Crippen LogP contribution is 2.33. The summed E-state index contributed by atoms with van der Waals surface area (Å²) in [5, 5.41) is 8.81. The van der Waals surface area contributed by atoms with Crippen LogP contribution in [0.3, 0.4) is 0 Å². The molecule has 0 radical (unpaired) electrons. The average molecular weight is 582 g/mol. The summed E-state index contributed by atoms with van der Waals surface area (Å²) in [4.78, 5) is 39.5. The molecule has 3 N–H and O–H groups in total. The van der Waals surface area contributed by atoms with Crippen molar-refractivity contribution < 1.29 is 23.5 Å². The Balaban J connectivity index is 1.53. The number of hydrogen-bond donors (Lipinski definition) is 3. The highest BCUT2D eigenvalue weighted by Gasteiger charge is 2.33. The molecule has 1 fully saturated rings. The number of hydrogen-bond acceptors (Lipinski definition) is 4. The Labute approximate surface area is 250 Å². The first-order valence-corrected chi connectivity index (χ1v) is 15.4. The summed E-state index contributed by atoms with van der Waals surface area (Å²) >= 11 is 0. The molecule has 230 valence electrons. The first-order chi connectivity index (χ1) is 20.0. The van der Waals surface area contributed by atoms with E-state index in [0.29, 0.717) is 37.8 Å². The molecule has 8 heteroatoms. The van der Waals surface area contributed by atoms with Gasteiger partial charge in [0.1, 0.15) is 23.7 Å². The van der Waals surface area contributed by atoms with E-state index in [1.54, 1.807) is 19.1 Å². The second kappa shape index (κ2) is 16.3. The zero-order valence-electron chi connectivity index (χ0n) is 25.8. The summed E-state index contributed by atoms with van der Waals surface area (Å²) < 4.78 is 19.5. The maximum Gasteiger partial charge on any atom is 0.243 e. The highest BCUT2D eigenvalue weighted by molar-refractivity contribution is 5.92. The zero-order valence-corrected chi connectivity index (χ0v) is 25.8. The number of halogens is 1. The number of benzene rings is 2. The van der Waals surface area contributed by atoms with Gasteiger partial charge in [0.2, 0.25) is 17.7 Å². The lowest BCUT2D eigenvalue weighted by molar-refractivity contribution is -0.134. The summed E-state index contributed by atoms with van der Waals surface area (Å²) in [6.07, 6.45) is 4.55. The van der Waals surface area contributed by atoms with Gasteiger partial charge in [-0.3, -0.25) is 14.4 Å². The topological polar surface area (TPSA) is 96.5 Å². The second-order valence-corrected chi connectivity index (χ2v) is 12.4. The van der Waals surface area contributed by atoms with Gasteiger partial charge in [0.15, 0.2) is 0 Å². The molecule has 0 heterocycles. The summed E-state index contributed by atoms with van der Waals surface area (Å²) in [5.74, 6) is -0.100. The van der Waals surface area contributed by atoms with Crippen LogP contribution in [0.1, 0.15) is 71.4 Å². The fourth-order valence-electron chi connectivity index (χ4n) is 4.84. The number of ether oxygens (including phenoxy) is 1. The molecule has 7 nitrogen and oxygen atoms in total. The predicted molar refractivity (Wildman–Crippen MR) is 163 cm³/mol. The number of para-hydroxylation sites is 1. The van der Waals surface area contributed by atoms with E-state index in [2.05, 4.69) is 29.8 Å². The maximum absolute atomic E-state index is 13.6. The minimum Gasteiger partial charge on any atom is -0.493 e. The summed E-state index contributed by atoms with van der Waals surface area (Å²) in [5.41, 5.74) is 1.83. The van der Waals surface area contributed by atoms with Crippen LogP contribution in [-0.4, -0.2) is 43.0 Å². The third-order valence-electron chi connectivity index (χ3n) is 7.49. The molecule has 0 saturated heterocycles. The summed E-state index contributed by atoms with van der Waals surface area (Å²) in [7, 11) is 0. The second-order valence-electron chi connectivity index (χ2n) is 12.4. The number of amides is 3. The molecule has 3 rings (SSSR count). The zero-order chi connectivity index (χ0) is 30.6. The van der Waals surface area contributed by atoms with Gasteiger partial charge >= 0.3 is 0 Å². The van der Waals surface area contributed by atoms with Gasteiger partial charge in [-0.15, -0.1) is 0 Å². The van der Waals surface area contributed by atoms with Crippen LogP contribution in [0, 0.1) is 29.5 Å². The van der Waals surface area contributed by atoms with Gasteiger partial charge in [0.05, 0.1) is 6.61 Å². The molecule has 2 aromatic carbocycles. The number of carbonyl (C=O) groups excluding carboxylic acids is 3. The van der Waals surface area contributed by atoms with Crippen LogP contribution in [0.5, 0.6) is 5.75 Å². The van der Waals surface area contributed by atoms with Crippen LogP contribution in [0.25, 0.3) is 0 Å². The van der Waals surface area contributed by atoms with Crippen molar-refractivity contribution >= 4 is 17.7 Å². The fourth-order valence-corrected chi connectivity index (χ4v) is 4.84. The monoisotopic (exact) mass is 581 g/mol. The molecule has 0 aliphatic heterocycles. The first-order valence-electron chi connectivity index (χ1n) is 15.4. The Morgan fingerprint density at radius 1 is 0.929 bits per heavy atom. The van der Waals surface area contributed by atoms with Crippen LogP contribution < -0.4 is 20.7 Å². The minimum atomic E-state index is -0.788. The van der Waals surface area contributed by atoms with Gasteiger partial charge in [0, 0.05) is 12.5 Å². The average Bonchev–Trinajstić information content (AvgIpc) is 3.76. The fraction of sp³-hybridized carbons (Fsp3) is 0.559. The van der Waals surface area contributed by atoms with Gasteiger partial charge < -0.3 is 20.7 Å². The molecular formula is C34H48FN3O4. The molecule has 3 amide bonds. The Morgan fingerprint density at radius 3 is 2.33 bits per heavy atom. The van der Waals surface area contributed by atoms with E-state index >= 15 is 0 Å². The smallest absolute Gasteiger partial charge is 0.243 e. The SMILES string of the molecule is CC(C)COc1ccccc1CCCNC(=O)[C@H](CC1CC1)NC(=O)[C@H](NC(=O)[C@H](C)Cc1cccc(F)c1)C(C)C. The molecule has 3 atom stereocenters. The van der Waals surface area contributed by atoms with Crippen LogP contribution in [0.15, 0.2) is 48.5 Å². The van der Waals surface area contributed by atoms with E-state index in [1.807, 2.05) is 38.1 Å². The van der Waals surface area contributed by atoms with E-state index in [1.165, 1.54) is 12.1 Å². The molecule has 0 aromatic heterocycles. The molecule has 2 aromatic rings.